The van der Waals surface area contributed by atoms with Gasteiger partial charge in [0.25, 0.3) is 11.8 Å². The van der Waals surface area contributed by atoms with E-state index in [0.29, 0.717) is 5.69 Å². The van der Waals surface area contributed by atoms with Crippen LogP contribution in [0.5, 0.6) is 5.75 Å². The minimum absolute atomic E-state index is 0.0232. The Morgan fingerprint density at radius 2 is 1.85 bits per heavy atom. The van der Waals surface area contributed by atoms with E-state index in [2.05, 4.69) is 20.0 Å². The fraction of sp³-hybridized carbons (Fsp3) is 0.176. The summed E-state index contributed by atoms with van der Waals surface area (Å²) in [6, 6.07) is 8.25. The summed E-state index contributed by atoms with van der Waals surface area (Å²) in [5.41, 5.74) is 6.38. The first-order chi connectivity index (χ1) is 12.8. The van der Waals surface area contributed by atoms with Crippen LogP contribution in [0, 0.1) is 0 Å². The van der Waals surface area contributed by atoms with Crippen LogP contribution in [0.3, 0.4) is 0 Å². The molecule has 0 unspecified atom stereocenters. The topological polar surface area (TPSA) is 110 Å². The molecule has 3 N–H and O–H groups in total. The molecule has 1 aromatic carbocycles. The Kier molecular flexibility index (Phi) is 6.36. The van der Waals surface area contributed by atoms with Crippen molar-refractivity contribution in [2.24, 2.45) is 10.7 Å². The number of benzene rings is 1. The van der Waals surface area contributed by atoms with Crippen LogP contribution in [0.4, 0.5) is 14.5 Å². The van der Waals surface area contributed by atoms with Gasteiger partial charge in [0, 0.05) is 20.3 Å². The van der Waals surface area contributed by atoms with Gasteiger partial charge in [0.2, 0.25) is 5.96 Å². The SMILES string of the molecule is CN(C)C(=O)c1ccc(C(=O)NC(N)=Nc2ccc(OC(F)F)cc2)cn1. The van der Waals surface area contributed by atoms with Gasteiger partial charge < -0.3 is 15.4 Å². The monoisotopic (exact) mass is 377 g/mol. The molecule has 0 radical (unpaired) electrons. The molecule has 1 aromatic heterocycles. The van der Waals surface area contributed by atoms with E-state index in [1.807, 2.05) is 0 Å². The van der Waals surface area contributed by atoms with Gasteiger partial charge in [-0.15, -0.1) is 0 Å². The third-order valence-corrected chi connectivity index (χ3v) is 3.20. The highest BCUT2D eigenvalue weighted by atomic mass is 19.3. The molecule has 10 heteroatoms. The standard InChI is InChI=1S/C17H17F2N5O3/c1-24(2)15(26)13-8-3-10(9-21-13)14(25)23-17(20)22-11-4-6-12(7-5-11)27-16(18)19/h3-9,16H,1-2H3,(H3,20,22,23,25). The van der Waals surface area contributed by atoms with E-state index in [4.69, 9.17) is 5.73 Å². The smallest absolute Gasteiger partial charge is 0.387 e. The molecular weight excluding hydrogens is 360 g/mol. The zero-order valence-corrected chi connectivity index (χ0v) is 14.5. The van der Waals surface area contributed by atoms with E-state index in [9.17, 15) is 18.4 Å². The summed E-state index contributed by atoms with van der Waals surface area (Å²) in [7, 11) is 3.18. The van der Waals surface area contributed by atoms with Crippen molar-refractivity contribution < 1.29 is 23.1 Å². The number of nitrogens with zero attached hydrogens (tertiary/aromatic N) is 3. The van der Waals surface area contributed by atoms with Crippen molar-refractivity contribution in [2.45, 2.75) is 6.61 Å². The predicted molar refractivity (Wildman–Crippen MR) is 94.1 cm³/mol. The Bertz CT molecular complexity index is 837. The van der Waals surface area contributed by atoms with Gasteiger partial charge >= 0.3 is 6.61 Å². The highest BCUT2D eigenvalue weighted by Crippen LogP contribution is 2.19. The summed E-state index contributed by atoms with van der Waals surface area (Å²) in [6.45, 7) is -2.92. The number of aromatic nitrogens is 1. The molecule has 2 rings (SSSR count). The van der Waals surface area contributed by atoms with Gasteiger partial charge in [0.05, 0.1) is 11.3 Å². The number of nitrogens with one attached hydrogen (secondary N) is 1. The number of hydrogen-bond acceptors (Lipinski definition) is 5. The van der Waals surface area contributed by atoms with Gasteiger partial charge in [0.1, 0.15) is 11.4 Å². The van der Waals surface area contributed by atoms with Gasteiger partial charge in [-0.1, -0.05) is 0 Å². The van der Waals surface area contributed by atoms with Crippen LogP contribution in [0.15, 0.2) is 47.6 Å². The molecular formula is C17H17F2N5O3. The van der Waals surface area contributed by atoms with Crippen LogP contribution in [0.25, 0.3) is 0 Å². The molecule has 0 saturated carbocycles. The van der Waals surface area contributed by atoms with Crippen molar-refractivity contribution in [3.05, 3.63) is 53.9 Å². The fourth-order valence-corrected chi connectivity index (χ4v) is 1.94. The maximum atomic E-state index is 12.1. The minimum atomic E-state index is -2.92. The number of pyridine rings is 1. The van der Waals surface area contributed by atoms with Crippen molar-refractivity contribution in [3.63, 3.8) is 0 Å². The lowest BCUT2D eigenvalue weighted by atomic mass is 10.2. The lowest BCUT2D eigenvalue weighted by molar-refractivity contribution is -0.0498. The average Bonchev–Trinajstić information content (AvgIpc) is 2.62. The molecule has 142 valence electrons. The minimum Gasteiger partial charge on any atom is -0.435 e. The van der Waals surface area contributed by atoms with E-state index in [1.54, 1.807) is 14.1 Å². The Morgan fingerprint density at radius 3 is 2.37 bits per heavy atom. The largest absolute Gasteiger partial charge is 0.435 e. The maximum Gasteiger partial charge on any atom is 0.387 e. The summed E-state index contributed by atoms with van der Waals surface area (Å²) in [5.74, 6) is -1.08. The quantitative estimate of drug-likeness (QED) is 0.609. The zero-order valence-electron chi connectivity index (χ0n) is 14.5. The molecule has 2 amide bonds. The number of guanidine groups is 1. The first kappa shape index (κ1) is 19.8. The maximum absolute atomic E-state index is 12.1. The van der Waals surface area contributed by atoms with E-state index in [0.717, 1.165) is 0 Å². The lowest BCUT2D eigenvalue weighted by Crippen LogP contribution is -2.36. The zero-order chi connectivity index (χ0) is 20.0. The highest BCUT2D eigenvalue weighted by molar-refractivity contribution is 6.05. The van der Waals surface area contributed by atoms with Gasteiger partial charge in [-0.2, -0.15) is 8.78 Å². The van der Waals surface area contributed by atoms with Crippen LogP contribution >= 0.6 is 0 Å². The molecule has 0 aliphatic carbocycles. The second-order valence-corrected chi connectivity index (χ2v) is 5.46. The predicted octanol–water partition coefficient (Wildman–Crippen LogP) is 1.76. The first-order valence-electron chi connectivity index (χ1n) is 7.64. The molecule has 27 heavy (non-hydrogen) atoms. The van der Waals surface area contributed by atoms with E-state index < -0.39 is 12.5 Å². The van der Waals surface area contributed by atoms with Crippen molar-refractivity contribution in [1.82, 2.24) is 15.2 Å². The molecule has 0 bridgehead atoms. The van der Waals surface area contributed by atoms with E-state index in [1.165, 1.54) is 47.5 Å². The number of rotatable bonds is 5. The average molecular weight is 377 g/mol. The van der Waals surface area contributed by atoms with Gasteiger partial charge in [0.15, 0.2) is 0 Å². The number of alkyl halides is 2. The Morgan fingerprint density at radius 1 is 1.19 bits per heavy atom. The third kappa shape index (κ3) is 5.73. The summed E-state index contributed by atoms with van der Waals surface area (Å²) in [4.78, 5) is 33.1. The Hall–Kier alpha value is -3.56. The number of ether oxygens (including phenoxy) is 1. The van der Waals surface area contributed by atoms with E-state index >= 15 is 0 Å². The van der Waals surface area contributed by atoms with Gasteiger partial charge in [-0.25, -0.2) is 4.99 Å². The first-order valence-corrected chi connectivity index (χ1v) is 7.64. The second kappa shape index (κ2) is 8.70. The molecule has 0 saturated heterocycles. The van der Waals surface area contributed by atoms with Crippen molar-refractivity contribution in [2.75, 3.05) is 14.1 Å². The highest BCUT2D eigenvalue weighted by Gasteiger charge is 2.12. The van der Waals surface area contributed by atoms with Crippen LogP contribution in [-0.4, -0.2) is 48.4 Å². The number of carbonyl (C=O) groups excluding carboxylic acids is 2. The summed E-state index contributed by atoms with van der Waals surface area (Å²) < 4.78 is 28.4. The number of carbonyl (C=O) groups is 2. The van der Waals surface area contributed by atoms with Crippen molar-refractivity contribution >= 4 is 23.5 Å². The van der Waals surface area contributed by atoms with Crippen LogP contribution in [0.2, 0.25) is 0 Å². The molecule has 0 aliphatic heterocycles. The number of aliphatic imine (C=N–C) groups is 1. The fourth-order valence-electron chi connectivity index (χ4n) is 1.94. The molecule has 1 heterocycles. The summed E-state index contributed by atoms with van der Waals surface area (Å²) in [6.07, 6.45) is 1.25. The summed E-state index contributed by atoms with van der Waals surface area (Å²) >= 11 is 0. The normalized spacial score (nSPS) is 11.2. The van der Waals surface area contributed by atoms with Crippen LogP contribution in [0.1, 0.15) is 20.8 Å². The van der Waals surface area contributed by atoms with Crippen molar-refractivity contribution in [3.8, 4) is 5.75 Å². The number of halogens is 2. The molecule has 0 fully saturated rings. The van der Waals surface area contributed by atoms with Gasteiger partial charge in [-0.3, -0.25) is 19.9 Å². The molecule has 2 aromatic rings. The number of nitrogens with two attached hydrogens (primary N) is 1. The number of hydrogen-bond donors (Lipinski definition) is 2. The molecule has 0 atom stereocenters. The second-order valence-electron chi connectivity index (χ2n) is 5.46. The van der Waals surface area contributed by atoms with Crippen LogP contribution in [-0.2, 0) is 0 Å². The third-order valence-electron chi connectivity index (χ3n) is 3.20. The van der Waals surface area contributed by atoms with Gasteiger partial charge in [-0.05, 0) is 36.4 Å². The number of amides is 2. The van der Waals surface area contributed by atoms with Crippen LogP contribution < -0.4 is 15.8 Å². The molecule has 0 aliphatic rings. The van der Waals surface area contributed by atoms with E-state index in [-0.39, 0.29) is 28.9 Å². The molecule has 0 spiro atoms. The van der Waals surface area contributed by atoms with Crippen molar-refractivity contribution in [1.29, 1.82) is 0 Å². The Balaban J connectivity index is 2.02. The summed E-state index contributed by atoms with van der Waals surface area (Å²) in [5, 5.41) is 2.37. The molecule has 8 nitrogen and oxygen atoms in total. The lowest BCUT2D eigenvalue weighted by Gasteiger charge is -2.09. The Labute approximate surface area is 153 Å².